The quantitative estimate of drug-likeness (QED) is 0.815. The number of aryl methyl sites for hydroxylation is 1. The van der Waals surface area contributed by atoms with Crippen molar-refractivity contribution in [2.75, 3.05) is 18.5 Å². The molecule has 2 heterocycles. The van der Waals surface area contributed by atoms with Crippen LogP contribution in [0, 0.1) is 0 Å². The van der Waals surface area contributed by atoms with Crippen LogP contribution >= 0.6 is 0 Å². The Labute approximate surface area is 141 Å². The van der Waals surface area contributed by atoms with Crippen molar-refractivity contribution in [1.82, 2.24) is 20.1 Å². The Morgan fingerprint density at radius 2 is 2.21 bits per heavy atom. The van der Waals surface area contributed by atoms with E-state index in [2.05, 4.69) is 25.4 Å². The molecule has 1 aliphatic heterocycles. The highest BCUT2D eigenvalue weighted by atomic mass is 16.5. The Morgan fingerprint density at radius 3 is 3.08 bits per heavy atom. The fourth-order valence-corrected chi connectivity index (χ4v) is 2.83. The summed E-state index contributed by atoms with van der Waals surface area (Å²) >= 11 is 0. The van der Waals surface area contributed by atoms with Gasteiger partial charge in [0.25, 0.3) is 0 Å². The van der Waals surface area contributed by atoms with Crippen LogP contribution in [0.3, 0.4) is 0 Å². The molecule has 0 fully saturated rings. The van der Waals surface area contributed by atoms with Crippen molar-refractivity contribution in [1.29, 1.82) is 0 Å². The second-order valence-corrected chi connectivity index (χ2v) is 5.71. The van der Waals surface area contributed by atoms with Crippen molar-refractivity contribution < 1.29 is 9.53 Å². The lowest BCUT2D eigenvalue weighted by Gasteiger charge is -2.12. The molecule has 2 amide bonds. The van der Waals surface area contributed by atoms with Gasteiger partial charge in [0.15, 0.2) is 0 Å². The number of benzene rings is 1. The zero-order valence-electron chi connectivity index (χ0n) is 13.9. The number of anilines is 1. The predicted octanol–water partition coefficient (Wildman–Crippen LogP) is 2.12. The van der Waals surface area contributed by atoms with E-state index in [0.717, 1.165) is 42.3 Å². The number of aromatic nitrogens is 3. The van der Waals surface area contributed by atoms with Crippen LogP contribution in [0.15, 0.2) is 24.3 Å². The van der Waals surface area contributed by atoms with E-state index in [1.54, 1.807) is 0 Å². The van der Waals surface area contributed by atoms with E-state index in [0.29, 0.717) is 26.2 Å². The number of hydrogen-bond acceptors (Lipinski definition) is 4. The first-order valence-electron chi connectivity index (χ1n) is 8.39. The highest BCUT2D eigenvalue weighted by Crippen LogP contribution is 2.16. The molecule has 1 aromatic carbocycles. The van der Waals surface area contributed by atoms with Crippen LogP contribution in [0.4, 0.5) is 10.5 Å². The van der Waals surface area contributed by atoms with E-state index in [-0.39, 0.29) is 6.03 Å². The minimum absolute atomic E-state index is 0.222. The van der Waals surface area contributed by atoms with E-state index >= 15 is 0 Å². The number of carbonyl (C=O) groups is 1. The van der Waals surface area contributed by atoms with Gasteiger partial charge in [-0.15, -0.1) is 10.2 Å². The molecule has 1 aromatic heterocycles. The van der Waals surface area contributed by atoms with E-state index in [9.17, 15) is 4.79 Å². The van der Waals surface area contributed by atoms with E-state index in [1.165, 1.54) is 0 Å². The van der Waals surface area contributed by atoms with Crippen molar-refractivity contribution in [3.63, 3.8) is 0 Å². The summed E-state index contributed by atoms with van der Waals surface area (Å²) in [5.74, 6) is 2.00. The van der Waals surface area contributed by atoms with Gasteiger partial charge in [-0.3, -0.25) is 0 Å². The summed E-state index contributed by atoms with van der Waals surface area (Å²) in [4.78, 5) is 12.1. The number of nitrogens with one attached hydrogen (secondary N) is 2. The molecule has 0 radical (unpaired) electrons. The van der Waals surface area contributed by atoms with Crippen LogP contribution in [0.1, 0.15) is 30.6 Å². The second kappa shape index (κ2) is 7.92. The molecule has 0 saturated carbocycles. The largest absolute Gasteiger partial charge is 0.377 e. The topological polar surface area (TPSA) is 81.1 Å². The van der Waals surface area contributed by atoms with Crippen molar-refractivity contribution in [2.45, 2.75) is 39.3 Å². The van der Waals surface area contributed by atoms with Gasteiger partial charge in [0.1, 0.15) is 11.6 Å². The van der Waals surface area contributed by atoms with Gasteiger partial charge in [0, 0.05) is 43.8 Å². The Bertz CT molecular complexity index is 698. The second-order valence-electron chi connectivity index (χ2n) is 5.71. The first-order valence-corrected chi connectivity index (χ1v) is 8.39. The molecule has 0 spiro atoms. The molecule has 0 bridgehead atoms. The minimum atomic E-state index is -0.222. The Balaban J connectivity index is 1.49. The molecule has 128 valence electrons. The van der Waals surface area contributed by atoms with Crippen molar-refractivity contribution >= 4 is 11.7 Å². The number of rotatable bonds is 7. The molecule has 0 saturated heterocycles. The van der Waals surface area contributed by atoms with Gasteiger partial charge in [0.05, 0.1) is 6.61 Å². The van der Waals surface area contributed by atoms with Gasteiger partial charge in [-0.2, -0.15) is 0 Å². The summed E-state index contributed by atoms with van der Waals surface area (Å²) < 4.78 is 7.57. The maximum atomic E-state index is 12.1. The SMILES string of the molecule is CCOCc1ccccc1NC(=O)NCCc1nnc2n1CCC2. The van der Waals surface area contributed by atoms with Crippen LogP contribution in [0.5, 0.6) is 0 Å². The van der Waals surface area contributed by atoms with Crippen LogP contribution < -0.4 is 10.6 Å². The third kappa shape index (κ3) is 3.91. The summed E-state index contributed by atoms with van der Waals surface area (Å²) in [5.41, 5.74) is 1.73. The number of ether oxygens (including phenoxy) is 1. The summed E-state index contributed by atoms with van der Waals surface area (Å²) in [7, 11) is 0. The van der Waals surface area contributed by atoms with Gasteiger partial charge in [-0.05, 0) is 19.4 Å². The van der Waals surface area contributed by atoms with Crippen LogP contribution in [0.25, 0.3) is 0 Å². The first kappa shape index (κ1) is 16.4. The fourth-order valence-electron chi connectivity index (χ4n) is 2.83. The third-order valence-electron chi connectivity index (χ3n) is 4.05. The van der Waals surface area contributed by atoms with Gasteiger partial charge in [-0.1, -0.05) is 18.2 Å². The smallest absolute Gasteiger partial charge is 0.319 e. The van der Waals surface area contributed by atoms with Crippen LogP contribution in [-0.2, 0) is 30.7 Å². The molecule has 0 unspecified atom stereocenters. The maximum absolute atomic E-state index is 12.1. The number of carbonyl (C=O) groups excluding carboxylic acids is 1. The number of fused-ring (bicyclic) bond motifs is 1. The molecular formula is C17H23N5O2. The zero-order chi connectivity index (χ0) is 16.8. The average molecular weight is 329 g/mol. The molecule has 3 rings (SSSR count). The zero-order valence-corrected chi connectivity index (χ0v) is 13.9. The number of urea groups is 1. The molecule has 2 N–H and O–H groups in total. The monoisotopic (exact) mass is 329 g/mol. The maximum Gasteiger partial charge on any atom is 0.319 e. The fraction of sp³-hybridized carbons (Fsp3) is 0.471. The minimum Gasteiger partial charge on any atom is -0.377 e. The lowest BCUT2D eigenvalue weighted by molar-refractivity contribution is 0.134. The highest BCUT2D eigenvalue weighted by molar-refractivity contribution is 5.90. The van der Waals surface area contributed by atoms with Gasteiger partial charge >= 0.3 is 6.03 Å². The lowest BCUT2D eigenvalue weighted by Crippen LogP contribution is -2.31. The summed E-state index contributed by atoms with van der Waals surface area (Å²) in [6, 6.07) is 7.43. The molecular weight excluding hydrogens is 306 g/mol. The molecule has 2 aromatic rings. The number of nitrogens with zero attached hydrogens (tertiary/aromatic N) is 3. The summed E-state index contributed by atoms with van der Waals surface area (Å²) in [6.45, 7) is 4.58. The summed E-state index contributed by atoms with van der Waals surface area (Å²) in [5, 5.41) is 14.1. The molecule has 0 aliphatic carbocycles. The molecule has 0 atom stereocenters. The van der Waals surface area contributed by atoms with Crippen LogP contribution in [0.2, 0.25) is 0 Å². The van der Waals surface area contributed by atoms with Gasteiger partial charge < -0.3 is 19.9 Å². The number of amides is 2. The lowest BCUT2D eigenvalue weighted by atomic mass is 10.2. The first-order chi connectivity index (χ1) is 11.8. The third-order valence-corrected chi connectivity index (χ3v) is 4.05. The van der Waals surface area contributed by atoms with Crippen molar-refractivity contribution in [3.8, 4) is 0 Å². The normalized spacial score (nSPS) is 12.9. The van der Waals surface area contributed by atoms with Crippen molar-refractivity contribution in [2.24, 2.45) is 0 Å². The number of hydrogen-bond donors (Lipinski definition) is 2. The average Bonchev–Trinajstić information content (AvgIpc) is 3.19. The van der Waals surface area contributed by atoms with E-state index in [4.69, 9.17) is 4.74 Å². The Kier molecular flexibility index (Phi) is 5.43. The standard InChI is InChI=1S/C17H23N5O2/c1-2-24-12-13-6-3-4-7-14(13)19-17(23)18-10-9-16-21-20-15-8-5-11-22(15)16/h3-4,6-7H,2,5,8-12H2,1H3,(H2,18,19,23). The van der Waals surface area contributed by atoms with E-state index in [1.807, 2.05) is 31.2 Å². The molecule has 7 nitrogen and oxygen atoms in total. The van der Waals surface area contributed by atoms with E-state index < -0.39 is 0 Å². The van der Waals surface area contributed by atoms with Crippen LogP contribution in [-0.4, -0.2) is 33.9 Å². The number of para-hydroxylation sites is 1. The van der Waals surface area contributed by atoms with Gasteiger partial charge in [-0.25, -0.2) is 4.79 Å². The van der Waals surface area contributed by atoms with Gasteiger partial charge in [0.2, 0.25) is 0 Å². The molecule has 1 aliphatic rings. The molecule has 24 heavy (non-hydrogen) atoms. The highest BCUT2D eigenvalue weighted by Gasteiger charge is 2.16. The predicted molar refractivity (Wildman–Crippen MR) is 90.8 cm³/mol. The van der Waals surface area contributed by atoms with Crippen molar-refractivity contribution in [3.05, 3.63) is 41.5 Å². The Hall–Kier alpha value is -2.41. The molecule has 7 heteroatoms. The summed E-state index contributed by atoms with van der Waals surface area (Å²) in [6.07, 6.45) is 2.81. The Morgan fingerprint density at radius 1 is 1.33 bits per heavy atom.